The lowest BCUT2D eigenvalue weighted by molar-refractivity contribution is -0.0543. The van der Waals surface area contributed by atoms with Gasteiger partial charge in [-0.2, -0.15) is 0 Å². The molecule has 1 unspecified atom stereocenters. The van der Waals surface area contributed by atoms with Crippen molar-refractivity contribution in [3.8, 4) is 0 Å². The second kappa shape index (κ2) is 4.63. The Bertz CT molecular complexity index is 441. The van der Waals surface area contributed by atoms with E-state index in [4.69, 9.17) is 4.42 Å². The van der Waals surface area contributed by atoms with Crippen LogP contribution >= 0.6 is 15.9 Å². The molecule has 4 aliphatic carbocycles. The molecule has 2 nitrogen and oxygen atoms in total. The summed E-state index contributed by atoms with van der Waals surface area (Å²) in [5.74, 6) is 5.84. The van der Waals surface area contributed by atoms with Crippen LogP contribution in [0.25, 0.3) is 0 Å². The van der Waals surface area contributed by atoms with Crippen LogP contribution in [0.3, 0.4) is 0 Å². The highest BCUT2D eigenvalue weighted by Gasteiger charge is 2.51. The van der Waals surface area contributed by atoms with E-state index in [2.05, 4.69) is 34.4 Å². The number of furan rings is 1. The number of halogens is 1. The van der Waals surface area contributed by atoms with E-state index < -0.39 is 0 Å². The molecule has 4 aliphatic rings. The van der Waals surface area contributed by atoms with Crippen molar-refractivity contribution in [2.45, 2.75) is 38.1 Å². The third-order valence-electron chi connectivity index (χ3n) is 5.90. The maximum atomic E-state index is 5.85. The van der Waals surface area contributed by atoms with Crippen LogP contribution < -0.4 is 5.32 Å². The van der Waals surface area contributed by atoms with Gasteiger partial charge >= 0.3 is 0 Å². The van der Waals surface area contributed by atoms with E-state index in [9.17, 15) is 0 Å². The third-order valence-corrected chi connectivity index (χ3v) is 6.32. The zero-order valence-electron chi connectivity index (χ0n) is 11.4. The quantitative estimate of drug-likeness (QED) is 0.893. The van der Waals surface area contributed by atoms with Gasteiger partial charge in [-0.3, -0.25) is 0 Å². The second-order valence-electron chi connectivity index (χ2n) is 6.92. The van der Waals surface area contributed by atoms with E-state index in [0.29, 0.717) is 6.04 Å². The maximum absolute atomic E-state index is 5.85. The lowest BCUT2D eigenvalue weighted by Crippen LogP contribution is -2.49. The zero-order valence-corrected chi connectivity index (χ0v) is 13.0. The minimum Gasteiger partial charge on any atom is -0.453 e. The molecule has 0 amide bonds. The number of hydrogen-bond acceptors (Lipinski definition) is 2. The molecule has 104 valence electrons. The van der Waals surface area contributed by atoms with E-state index >= 15 is 0 Å². The predicted molar refractivity (Wildman–Crippen MR) is 78.7 cm³/mol. The number of nitrogens with one attached hydrogen (secondary N) is 1. The Balaban J connectivity index is 1.63. The summed E-state index contributed by atoms with van der Waals surface area (Å²) in [6.07, 6.45) is 7.40. The molecule has 0 aliphatic heterocycles. The van der Waals surface area contributed by atoms with Crippen molar-refractivity contribution < 1.29 is 4.42 Å². The number of hydrogen-bond donors (Lipinski definition) is 1. The molecule has 0 saturated heterocycles. The summed E-state index contributed by atoms with van der Waals surface area (Å²) in [5, 5.41) is 3.55. The van der Waals surface area contributed by atoms with Crippen LogP contribution in [0.1, 0.15) is 43.9 Å². The van der Waals surface area contributed by atoms with Gasteiger partial charge in [0.1, 0.15) is 5.76 Å². The van der Waals surface area contributed by atoms with Crippen LogP contribution in [0.2, 0.25) is 0 Å². The monoisotopic (exact) mass is 323 g/mol. The van der Waals surface area contributed by atoms with Crippen molar-refractivity contribution in [1.82, 2.24) is 5.32 Å². The second-order valence-corrected chi connectivity index (χ2v) is 7.70. The SMILES string of the molecule is CNC(c1ccc(Br)o1)C1C2CC3CC(C2)CC1C3. The lowest BCUT2D eigenvalue weighted by atomic mass is 9.50. The van der Waals surface area contributed by atoms with Gasteiger partial charge in [0, 0.05) is 0 Å². The number of rotatable bonds is 3. The minimum atomic E-state index is 0.404. The van der Waals surface area contributed by atoms with Crippen LogP contribution in [0.4, 0.5) is 0 Å². The Hall–Kier alpha value is -0.280. The molecule has 3 heteroatoms. The van der Waals surface area contributed by atoms with E-state index in [1.807, 2.05) is 6.07 Å². The Morgan fingerprint density at radius 2 is 1.74 bits per heavy atom. The highest BCUT2D eigenvalue weighted by atomic mass is 79.9. The van der Waals surface area contributed by atoms with Crippen molar-refractivity contribution in [3.63, 3.8) is 0 Å². The molecule has 0 spiro atoms. The first-order chi connectivity index (χ1) is 9.24. The molecule has 1 atom stereocenters. The van der Waals surface area contributed by atoms with Crippen molar-refractivity contribution in [2.75, 3.05) is 7.05 Å². The molecule has 1 heterocycles. The smallest absolute Gasteiger partial charge is 0.169 e. The first-order valence-corrected chi connectivity index (χ1v) is 8.46. The molecule has 1 N–H and O–H groups in total. The van der Waals surface area contributed by atoms with Gasteiger partial charge in [-0.1, -0.05) is 0 Å². The molecule has 19 heavy (non-hydrogen) atoms. The van der Waals surface area contributed by atoms with Gasteiger partial charge in [0.2, 0.25) is 0 Å². The maximum Gasteiger partial charge on any atom is 0.169 e. The van der Waals surface area contributed by atoms with E-state index in [0.717, 1.165) is 40.0 Å². The predicted octanol–water partition coefficient (Wildman–Crippen LogP) is 4.37. The van der Waals surface area contributed by atoms with Crippen molar-refractivity contribution in [1.29, 1.82) is 0 Å². The third kappa shape index (κ3) is 2.01. The van der Waals surface area contributed by atoms with Crippen molar-refractivity contribution >= 4 is 15.9 Å². The highest BCUT2D eigenvalue weighted by Crippen LogP contribution is 2.59. The van der Waals surface area contributed by atoms with Crippen molar-refractivity contribution in [3.05, 3.63) is 22.6 Å². The van der Waals surface area contributed by atoms with Crippen molar-refractivity contribution in [2.24, 2.45) is 29.6 Å². The largest absolute Gasteiger partial charge is 0.453 e. The van der Waals surface area contributed by atoms with Gasteiger partial charge in [0.05, 0.1) is 6.04 Å². The molecule has 4 saturated carbocycles. The van der Waals surface area contributed by atoms with Gasteiger partial charge in [-0.05, 0) is 96.8 Å². The first-order valence-electron chi connectivity index (χ1n) is 7.67. The normalized spacial score (nSPS) is 41.7. The Morgan fingerprint density at radius 1 is 1.11 bits per heavy atom. The van der Waals surface area contributed by atoms with E-state index in [1.165, 1.54) is 32.1 Å². The van der Waals surface area contributed by atoms with Crippen LogP contribution in [-0.2, 0) is 0 Å². The molecule has 0 radical (unpaired) electrons. The summed E-state index contributed by atoms with van der Waals surface area (Å²) in [7, 11) is 2.09. The Kier molecular flexibility index (Phi) is 3.03. The van der Waals surface area contributed by atoms with Gasteiger partial charge in [0.25, 0.3) is 0 Å². The summed E-state index contributed by atoms with van der Waals surface area (Å²) in [6, 6.07) is 4.56. The Morgan fingerprint density at radius 3 is 2.21 bits per heavy atom. The fourth-order valence-corrected chi connectivity index (χ4v) is 5.85. The molecule has 0 aromatic carbocycles. The molecular formula is C16H22BrNO. The molecule has 4 fully saturated rings. The zero-order chi connectivity index (χ0) is 13.0. The van der Waals surface area contributed by atoms with Crippen LogP contribution in [0.15, 0.2) is 21.2 Å². The average molecular weight is 324 g/mol. The van der Waals surface area contributed by atoms with Gasteiger partial charge < -0.3 is 9.73 Å². The van der Waals surface area contributed by atoms with Gasteiger partial charge in [-0.15, -0.1) is 0 Å². The summed E-state index contributed by atoms with van der Waals surface area (Å²) < 4.78 is 6.70. The van der Waals surface area contributed by atoms with E-state index in [-0.39, 0.29) is 0 Å². The van der Waals surface area contributed by atoms with Crippen LogP contribution in [0.5, 0.6) is 0 Å². The summed E-state index contributed by atoms with van der Waals surface area (Å²) >= 11 is 3.44. The summed E-state index contributed by atoms with van der Waals surface area (Å²) in [4.78, 5) is 0. The molecule has 1 aromatic rings. The summed E-state index contributed by atoms with van der Waals surface area (Å²) in [5.41, 5.74) is 0. The first kappa shape index (κ1) is 12.5. The molecule has 4 bridgehead atoms. The minimum absolute atomic E-state index is 0.404. The molecule has 5 rings (SSSR count). The van der Waals surface area contributed by atoms with Gasteiger partial charge in [-0.25, -0.2) is 0 Å². The Labute approximate surface area is 123 Å². The van der Waals surface area contributed by atoms with Crippen LogP contribution in [-0.4, -0.2) is 7.05 Å². The average Bonchev–Trinajstić information content (AvgIpc) is 2.79. The fraction of sp³-hybridized carbons (Fsp3) is 0.750. The lowest BCUT2D eigenvalue weighted by Gasteiger charge is -2.56. The highest BCUT2D eigenvalue weighted by molar-refractivity contribution is 9.10. The van der Waals surface area contributed by atoms with Gasteiger partial charge in [0.15, 0.2) is 4.67 Å². The molecule has 1 aromatic heterocycles. The standard InChI is InChI=1S/C16H22BrNO/c1-18-16(13-2-3-14(17)19-13)15-11-5-9-4-10(7-11)8-12(15)6-9/h2-3,9-12,15-16,18H,4-8H2,1H3. The molecular weight excluding hydrogens is 302 g/mol. The van der Waals surface area contributed by atoms with Crippen LogP contribution in [0, 0.1) is 29.6 Å². The topological polar surface area (TPSA) is 25.2 Å². The van der Waals surface area contributed by atoms with E-state index in [1.54, 1.807) is 0 Å². The summed E-state index contributed by atoms with van der Waals surface area (Å²) in [6.45, 7) is 0. The fourth-order valence-electron chi connectivity index (χ4n) is 5.53.